The number of fused-ring (bicyclic) bond motifs is 1. The second-order valence-electron chi connectivity index (χ2n) is 9.62. The van der Waals surface area contributed by atoms with E-state index in [0.717, 1.165) is 24.8 Å². The lowest BCUT2D eigenvalue weighted by Crippen LogP contribution is -2.27. The molecule has 2 N–H and O–H groups in total. The lowest BCUT2D eigenvalue weighted by atomic mass is 9.72. The number of ether oxygens (including phenoxy) is 1. The topological polar surface area (TPSA) is 67.4 Å². The molecule has 1 unspecified atom stereocenters. The summed E-state index contributed by atoms with van der Waals surface area (Å²) in [6.07, 6.45) is 2.73. The summed E-state index contributed by atoms with van der Waals surface area (Å²) in [6.45, 7) is 6.64. The Morgan fingerprint density at radius 3 is 2.44 bits per heavy atom. The first-order valence-electron chi connectivity index (χ1n) is 11.4. The highest BCUT2D eigenvalue weighted by molar-refractivity contribution is 7.17. The highest BCUT2D eigenvalue weighted by Gasteiger charge is 2.34. The van der Waals surface area contributed by atoms with Gasteiger partial charge >= 0.3 is 0 Å². The maximum Gasteiger partial charge on any atom is 0.262 e. The number of carbonyl (C=O) groups is 2. The third-order valence-corrected chi connectivity index (χ3v) is 7.61. The van der Waals surface area contributed by atoms with Crippen molar-refractivity contribution in [3.05, 3.63) is 75.6 Å². The van der Waals surface area contributed by atoms with Crippen LogP contribution in [0.25, 0.3) is 0 Å². The monoisotopic (exact) mass is 496 g/mol. The molecule has 0 bridgehead atoms. The smallest absolute Gasteiger partial charge is 0.262 e. The van der Waals surface area contributed by atoms with Gasteiger partial charge in [0, 0.05) is 15.6 Å². The predicted molar refractivity (Wildman–Crippen MR) is 139 cm³/mol. The zero-order valence-corrected chi connectivity index (χ0v) is 21.2. The summed E-state index contributed by atoms with van der Waals surface area (Å²) >= 11 is 7.48. The molecule has 5 nitrogen and oxygen atoms in total. The zero-order chi connectivity index (χ0) is 24.3. The molecule has 1 atom stereocenters. The van der Waals surface area contributed by atoms with Crippen LogP contribution in [-0.2, 0) is 17.6 Å². The van der Waals surface area contributed by atoms with E-state index in [1.54, 1.807) is 36.4 Å². The maximum absolute atomic E-state index is 13.4. The molecule has 1 aromatic heterocycles. The SMILES string of the molecule is CC(C)(C)C1CCc2c(sc(NC(=O)COc3ccccc3)c2C(=O)Nc2ccc(Cl)cc2)C1. The first-order valence-corrected chi connectivity index (χ1v) is 12.6. The van der Waals surface area contributed by atoms with Crippen molar-refractivity contribution in [2.45, 2.75) is 40.0 Å². The summed E-state index contributed by atoms with van der Waals surface area (Å²) in [5, 5.41) is 7.08. The van der Waals surface area contributed by atoms with E-state index in [0.29, 0.717) is 32.9 Å². The van der Waals surface area contributed by atoms with E-state index in [1.807, 2.05) is 18.2 Å². The van der Waals surface area contributed by atoms with Crippen molar-refractivity contribution in [2.75, 3.05) is 17.2 Å². The van der Waals surface area contributed by atoms with Gasteiger partial charge in [-0.3, -0.25) is 9.59 Å². The number of thiophene rings is 1. The third kappa shape index (κ3) is 5.80. The Morgan fingerprint density at radius 2 is 1.76 bits per heavy atom. The number of rotatable bonds is 6. The predicted octanol–water partition coefficient (Wildman–Crippen LogP) is 6.82. The summed E-state index contributed by atoms with van der Waals surface area (Å²) in [6, 6.07) is 16.2. The van der Waals surface area contributed by atoms with Gasteiger partial charge in [-0.25, -0.2) is 0 Å². The van der Waals surface area contributed by atoms with Gasteiger partial charge in [0.2, 0.25) is 0 Å². The molecule has 1 aliphatic rings. The minimum Gasteiger partial charge on any atom is -0.484 e. The third-order valence-electron chi connectivity index (χ3n) is 6.19. The van der Waals surface area contributed by atoms with Crippen LogP contribution in [0.5, 0.6) is 5.75 Å². The maximum atomic E-state index is 13.4. The van der Waals surface area contributed by atoms with Crippen molar-refractivity contribution in [3.63, 3.8) is 0 Å². The molecule has 1 aliphatic carbocycles. The van der Waals surface area contributed by atoms with Crippen molar-refractivity contribution < 1.29 is 14.3 Å². The van der Waals surface area contributed by atoms with Gasteiger partial charge in [-0.1, -0.05) is 50.6 Å². The second-order valence-corrected chi connectivity index (χ2v) is 11.2. The molecular weight excluding hydrogens is 468 g/mol. The number of carbonyl (C=O) groups excluding carboxylic acids is 2. The molecule has 178 valence electrons. The molecule has 0 spiro atoms. The second kappa shape index (κ2) is 10.2. The fraction of sp³-hybridized carbons (Fsp3) is 0.333. The van der Waals surface area contributed by atoms with Crippen molar-refractivity contribution in [3.8, 4) is 5.75 Å². The number of hydrogen-bond acceptors (Lipinski definition) is 4. The molecular formula is C27H29ClN2O3S. The highest BCUT2D eigenvalue weighted by Crippen LogP contribution is 2.44. The molecule has 0 saturated heterocycles. The summed E-state index contributed by atoms with van der Waals surface area (Å²) in [5.41, 5.74) is 2.43. The van der Waals surface area contributed by atoms with E-state index >= 15 is 0 Å². The minimum atomic E-state index is -0.296. The van der Waals surface area contributed by atoms with Gasteiger partial charge in [-0.15, -0.1) is 11.3 Å². The number of para-hydroxylation sites is 1. The first kappa shape index (κ1) is 24.3. The van der Waals surface area contributed by atoms with E-state index in [1.165, 1.54) is 16.2 Å². The quantitative estimate of drug-likeness (QED) is 0.393. The minimum absolute atomic E-state index is 0.130. The van der Waals surface area contributed by atoms with Crippen LogP contribution in [-0.4, -0.2) is 18.4 Å². The Hall–Kier alpha value is -2.83. The van der Waals surface area contributed by atoms with Crippen molar-refractivity contribution in [2.24, 2.45) is 11.3 Å². The van der Waals surface area contributed by atoms with Crippen LogP contribution in [0.15, 0.2) is 54.6 Å². The molecule has 34 heavy (non-hydrogen) atoms. The lowest BCUT2D eigenvalue weighted by molar-refractivity contribution is -0.118. The summed E-state index contributed by atoms with van der Waals surface area (Å²) < 4.78 is 5.59. The highest BCUT2D eigenvalue weighted by atomic mass is 35.5. The van der Waals surface area contributed by atoms with E-state index in [9.17, 15) is 9.59 Å². The van der Waals surface area contributed by atoms with Crippen LogP contribution in [0.1, 0.15) is 48.0 Å². The van der Waals surface area contributed by atoms with E-state index < -0.39 is 0 Å². The van der Waals surface area contributed by atoms with E-state index in [2.05, 4.69) is 31.4 Å². The van der Waals surface area contributed by atoms with Gasteiger partial charge in [0.05, 0.1) is 5.56 Å². The van der Waals surface area contributed by atoms with Gasteiger partial charge in [-0.2, -0.15) is 0 Å². The van der Waals surface area contributed by atoms with Gasteiger partial charge in [0.1, 0.15) is 10.8 Å². The number of amides is 2. The average Bonchev–Trinajstić information content (AvgIpc) is 3.16. The molecule has 2 aromatic carbocycles. The molecule has 7 heteroatoms. The number of hydrogen-bond donors (Lipinski definition) is 2. The molecule has 0 radical (unpaired) electrons. The summed E-state index contributed by atoms with van der Waals surface area (Å²) in [7, 11) is 0. The molecule has 0 saturated carbocycles. The Bertz CT molecular complexity index is 1170. The van der Waals surface area contributed by atoms with Crippen LogP contribution < -0.4 is 15.4 Å². The molecule has 0 aliphatic heterocycles. The molecule has 2 amide bonds. The van der Waals surface area contributed by atoms with Crippen molar-refractivity contribution in [1.29, 1.82) is 0 Å². The largest absolute Gasteiger partial charge is 0.484 e. The van der Waals surface area contributed by atoms with Crippen molar-refractivity contribution in [1.82, 2.24) is 0 Å². The molecule has 4 rings (SSSR count). The molecule has 0 fully saturated rings. The first-order chi connectivity index (χ1) is 16.2. The number of nitrogens with one attached hydrogen (secondary N) is 2. The average molecular weight is 497 g/mol. The van der Waals surface area contributed by atoms with Gasteiger partial charge < -0.3 is 15.4 Å². The fourth-order valence-electron chi connectivity index (χ4n) is 4.21. The van der Waals surface area contributed by atoms with Crippen LogP contribution in [0.4, 0.5) is 10.7 Å². The van der Waals surface area contributed by atoms with Crippen LogP contribution in [0, 0.1) is 11.3 Å². The molecule has 1 heterocycles. The summed E-state index contributed by atoms with van der Waals surface area (Å²) in [5.74, 6) is 0.622. The Balaban J connectivity index is 1.57. The molecule has 3 aromatic rings. The van der Waals surface area contributed by atoms with Crippen LogP contribution >= 0.6 is 22.9 Å². The van der Waals surface area contributed by atoms with E-state index in [4.69, 9.17) is 16.3 Å². The normalized spacial score (nSPS) is 15.4. The van der Waals surface area contributed by atoms with E-state index in [-0.39, 0.29) is 23.8 Å². The number of benzene rings is 2. The van der Waals surface area contributed by atoms with Gasteiger partial charge in [0.25, 0.3) is 11.8 Å². The zero-order valence-electron chi connectivity index (χ0n) is 19.6. The van der Waals surface area contributed by atoms with Gasteiger partial charge in [-0.05, 0) is 72.6 Å². The Labute approximate surface area is 209 Å². The Kier molecular flexibility index (Phi) is 7.29. The van der Waals surface area contributed by atoms with Crippen LogP contribution in [0.2, 0.25) is 5.02 Å². The van der Waals surface area contributed by atoms with Crippen LogP contribution in [0.3, 0.4) is 0 Å². The Morgan fingerprint density at radius 1 is 1.06 bits per heavy atom. The van der Waals surface area contributed by atoms with Gasteiger partial charge in [0.15, 0.2) is 6.61 Å². The van der Waals surface area contributed by atoms with Crippen molar-refractivity contribution >= 4 is 45.4 Å². The lowest BCUT2D eigenvalue weighted by Gasteiger charge is -2.33. The summed E-state index contributed by atoms with van der Waals surface area (Å²) in [4.78, 5) is 27.3. The number of anilines is 2. The number of halogens is 1. The fourth-order valence-corrected chi connectivity index (χ4v) is 5.68. The standard InChI is InChI=1S/C27H29ClN2O3S/c1-27(2,3)17-9-14-21-22(15-17)34-26(30-23(31)16-33-20-7-5-4-6-8-20)24(21)25(32)29-19-12-10-18(28)11-13-19/h4-8,10-13,17H,9,14-16H2,1-3H3,(H,29,32)(H,30,31).